The number of amides is 1. The number of carbonyl (C=O) groups excluding carboxylic acids is 1. The van der Waals surface area contributed by atoms with Gasteiger partial charge in [-0.2, -0.15) is 5.10 Å². The zero-order valence-electron chi connectivity index (χ0n) is 21.4. The molecule has 7 nitrogen and oxygen atoms in total. The number of nitrogens with two attached hydrogens (primary N) is 1. The maximum Gasteiger partial charge on any atom is 0.278 e. The molecule has 0 saturated heterocycles. The van der Waals surface area contributed by atoms with Gasteiger partial charge >= 0.3 is 0 Å². The van der Waals surface area contributed by atoms with Crippen molar-refractivity contribution in [2.45, 2.75) is 72.3 Å². The van der Waals surface area contributed by atoms with Crippen molar-refractivity contribution < 1.29 is 14.3 Å². The van der Waals surface area contributed by atoms with Gasteiger partial charge in [0.15, 0.2) is 5.71 Å². The third kappa shape index (κ3) is 7.07. The number of anilines is 1. The highest BCUT2D eigenvalue weighted by molar-refractivity contribution is 6.68. The van der Waals surface area contributed by atoms with E-state index in [9.17, 15) is 4.79 Å². The second-order valence-corrected chi connectivity index (χ2v) is 9.20. The van der Waals surface area contributed by atoms with Crippen LogP contribution in [0.3, 0.4) is 0 Å². The van der Waals surface area contributed by atoms with Crippen LogP contribution in [-0.2, 0) is 10.2 Å². The Bertz CT molecular complexity index is 1040. The maximum absolute atomic E-state index is 13.2. The standard InChI is InChI=1S/C27H38N4O3/c1-8-12-20(9-2)34-24-16-15-19(27(4,5)6)17-22(24)30-26(32)25(31-28)18(3)29-21-13-10-11-14-23(21)33-7/h10-11,13-17,20H,8-9,12,28H2,1-7H3,(H,30,32)/b29-18?,31-25+. The predicted molar refractivity (Wildman–Crippen MR) is 141 cm³/mol. The highest BCUT2D eigenvalue weighted by Crippen LogP contribution is 2.33. The molecule has 184 valence electrons. The van der Waals surface area contributed by atoms with Crippen LogP contribution in [0.15, 0.2) is 52.6 Å². The number of ether oxygens (including phenoxy) is 2. The summed E-state index contributed by atoms with van der Waals surface area (Å²) < 4.78 is 11.6. The zero-order valence-corrected chi connectivity index (χ0v) is 21.4. The van der Waals surface area contributed by atoms with Crippen LogP contribution in [0.2, 0.25) is 0 Å². The Morgan fingerprint density at radius 3 is 2.41 bits per heavy atom. The van der Waals surface area contributed by atoms with Gasteiger partial charge in [-0.15, -0.1) is 0 Å². The van der Waals surface area contributed by atoms with E-state index in [1.807, 2.05) is 30.3 Å². The van der Waals surface area contributed by atoms with Gasteiger partial charge in [-0.05, 0) is 55.0 Å². The minimum atomic E-state index is -0.460. The number of nitrogens with one attached hydrogen (secondary N) is 1. The number of hydrogen-bond acceptors (Lipinski definition) is 6. The van der Waals surface area contributed by atoms with E-state index in [1.165, 1.54) is 0 Å². The van der Waals surface area contributed by atoms with Crippen molar-refractivity contribution in [3.63, 3.8) is 0 Å². The first-order chi connectivity index (χ1) is 16.1. The van der Waals surface area contributed by atoms with Gasteiger partial charge in [0.1, 0.15) is 17.2 Å². The Hall–Kier alpha value is -3.35. The SMILES string of the molecule is CCCC(CC)Oc1ccc(C(C)(C)C)cc1NC(=O)/C(=N/N)C(C)=Nc1ccccc1OC. The molecule has 1 atom stereocenters. The molecular weight excluding hydrogens is 428 g/mol. The van der Waals surface area contributed by atoms with Gasteiger partial charge in [0.25, 0.3) is 5.91 Å². The first-order valence-electron chi connectivity index (χ1n) is 11.7. The zero-order chi connectivity index (χ0) is 25.3. The molecule has 0 aliphatic rings. The fourth-order valence-electron chi connectivity index (χ4n) is 3.50. The van der Waals surface area contributed by atoms with E-state index < -0.39 is 5.91 Å². The summed E-state index contributed by atoms with van der Waals surface area (Å²) in [4.78, 5) is 17.8. The van der Waals surface area contributed by atoms with E-state index in [2.05, 4.69) is 50.0 Å². The number of para-hydroxylation sites is 2. The summed E-state index contributed by atoms with van der Waals surface area (Å²) in [6, 6.07) is 13.2. The highest BCUT2D eigenvalue weighted by atomic mass is 16.5. The molecule has 2 aromatic carbocycles. The molecule has 1 amide bonds. The number of rotatable bonds is 10. The van der Waals surface area contributed by atoms with Gasteiger partial charge < -0.3 is 20.6 Å². The lowest BCUT2D eigenvalue weighted by molar-refractivity contribution is -0.110. The molecule has 0 aromatic heterocycles. The lowest BCUT2D eigenvalue weighted by Crippen LogP contribution is -2.30. The van der Waals surface area contributed by atoms with Crippen molar-refractivity contribution in [3.8, 4) is 11.5 Å². The first kappa shape index (κ1) is 26.9. The van der Waals surface area contributed by atoms with Crippen molar-refractivity contribution in [3.05, 3.63) is 48.0 Å². The van der Waals surface area contributed by atoms with Gasteiger partial charge in [-0.3, -0.25) is 4.79 Å². The molecule has 0 fully saturated rings. The maximum atomic E-state index is 13.2. The monoisotopic (exact) mass is 466 g/mol. The number of nitrogens with zero attached hydrogens (tertiary/aromatic N) is 2. The molecule has 1 unspecified atom stereocenters. The van der Waals surface area contributed by atoms with Crippen molar-refractivity contribution in [1.29, 1.82) is 0 Å². The molecule has 0 bridgehead atoms. The number of methoxy groups -OCH3 is 1. The molecular formula is C27H38N4O3. The van der Waals surface area contributed by atoms with Crippen LogP contribution in [-0.4, -0.2) is 30.5 Å². The fraction of sp³-hybridized carbons (Fsp3) is 0.444. The fourth-order valence-corrected chi connectivity index (χ4v) is 3.50. The smallest absolute Gasteiger partial charge is 0.278 e. The van der Waals surface area contributed by atoms with Gasteiger partial charge in [-0.1, -0.05) is 59.2 Å². The summed E-state index contributed by atoms with van der Waals surface area (Å²) in [5.74, 6) is 6.37. The Morgan fingerprint density at radius 1 is 1.12 bits per heavy atom. The van der Waals surface area contributed by atoms with Crippen LogP contribution in [0, 0.1) is 0 Å². The molecule has 0 radical (unpaired) electrons. The minimum absolute atomic E-state index is 0.0265. The molecule has 0 spiro atoms. The summed E-state index contributed by atoms with van der Waals surface area (Å²) in [6.07, 6.45) is 2.90. The third-order valence-corrected chi connectivity index (χ3v) is 5.51. The number of hydrogen-bond donors (Lipinski definition) is 2. The lowest BCUT2D eigenvalue weighted by atomic mass is 9.86. The molecule has 0 heterocycles. The quantitative estimate of drug-likeness (QED) is 0.255. The van der Waals surface area contributed by atoms with Gasteiger partial charge in [0.2, 0.25) is 0 Å². The van der Waals surface area contributed by atoms with E-state index in [0.717, 1.165) is 24.8 Å². The molecule has 0 aliphatic heterocycles. The van der Waals surface area contributed by atoms with E-state index in [4.69, 9.17) is 15.3 Å². The Morgan fingerprint density at radius 2 is 1.82 bits per heavy atom. The van der Waals surface area contributed by atoms with Crippen LogP contribution in [0.5, 0.6) is 11.5 Å². The van der Waals surface area contributed by atoms with E-state index >= 15 is 0 Å². The molecule has 7 heteroatoms. The van der Waals surface area contributed by atoms with E-state index in [1.54, 1.807) is 26.2 Å². The lowest BCUT2D eigenvalue weighted by Gasteiger charge is -2.24. The summed E-state index contributed by atoms with van der Waals surface area (Å²) in [6.45, 7) is 12.3. The summed E-state index contributed by atoms with van der Waals surface area (Å²) >= 11 is 0. The molecule has 2 rings (SSSR count). The molecule has 34 heavy (non-hydrogen) atoms. The molecule has 3 N–H and O–H groups in total. The highest BCUT2D eigenvalue weighted by Gasteiger charge is 2.22. The van der Waals surface area contributed by atoms with Gasteiger partial charge in [0.05, 0.1) is 24.6 Å². The van der Waals surface area contributed by atoms with Crippen LogP contribution in [0.1, 0.15) is 66.4 Å². The van der Waals surface area contributed by atoms with Crippen LogP contribution in [0.4, 0.5) is 11.4 Å². The van der Waals surface area contributed by atoms with Gasteiger partial charge in [0, 0.05) is 0 Å². The number of hydrazone groups is 1. The first-order valence-corrected chi connectivity index (χ1v) is 11.7. The van der Waals surface area contributed by atoms with Crippen molar-refractivity contribution in [2.75, 3.05) is 12.4 Å². The van der Waals surface area contributed by atoms with Crippen molar-refractivity contribution in [1.82, 2.24) is 0 Å². The van der Waals surface area contributed by atoms with Crippen molar-refractivity contribution in [2.24, 2.45) is 15.9 Å². The summed E-state index contributed by atoms with van der Waals surface area (Å²) in [7, 11) is 1.57. The van der Waals surface area contributed by atoms with Gasteiger partial charge in [-0.25, -0.2) is 4.99 Å². The molecule has 2 aromatic rings. The number of aliphatic imine (C=N–C) groups is 1. The third-order valence-electron chi connectivity index (χ3n) is 5.51. The minimum Gasteiger partial charge on any atom is -0.494 e. The largest absolute Gasteiger partial charge is 0.494 e. The van der Waals surface area contributed by atoms with Crippen LogP contribution < -0.4 is 20.6 Å². The van der Waals surface area contributed by atoms with E-state index in [0.29, 0.717) is 28.6 Å². The van der Waals surface area contributed by atoms with Crippen molar-refractivity contribution >= 4 is 28.7 Å². The predicted octanol–water partition coefficient (Wildman–Crippen LogP) is 6.00. The summed E-state index contributed by atoms with van der Waals surface area (Å²) in [5.41, 5.74) is 2.54. The normalized spacial score (nSPS) is 13.4. The van der Waals surface area contributed by atoms with Crippen LogP contribution in [0.25, 0.3) is 0 Å². The topological polar surface area (TPSA) is 98.3 Å². The Labute approximate surface area is 203 Å². The number of carbonyl (C=O) groups is 1. The molecule has 0 saturated carbocycles. The average Bonchev–Trinajstić information content (AvgIpc) is 2.79. The van der Waals surface area contributed by atoms with E-state index in [-0.39, 0.29) is 17.2 Å². The molecule has 0 aliphatic carbocycles. The second kappa shape index (κ2) is 12.2. The Kier molecular flexibility index (Phi) is 9.66. The second-order valence-electron chi connectivity index (χ2n) is 9.20. The summed E-state index contributed by atoms with van der Waals surface area (Å²) in [5, 5.41) is 6.69. The van der Waals surface area contributed by atoms with Crippen LogP contribution >= 0.6 is 0 Å². The average molecular weight is 467 g/mol. The number of benzene rings is 2. The Balaban J connectivity index is 2.40.